The van der Waals surface area contributed by atoms with Crippen LogP contribution in [0.1, 0.15) is 98.7 Å². The second-order valence-electron chi connectivity index (χ2n) is 20.0. The molecule has 2 N–H and O–H groups in total. The Hall–Kier alpha value is -5.22. The summed E-state index contributed by atoms with van der Waals surface area (Å²) in [6, 6.07) is 21.7. The molecule has 1 amide bonds. The quantitative estimate of drug-likeness (QED) is 0.0700. The molecule has 3 aromatic heterocycles. The van der Waals surface area contributed by atoms with Gasteiger partial charge in [0, 0.05) is 78.5 Å². The molecule has 6 aliphatic rings. The molecule has 11 rings (SSSR count). The maximum Gasteiger partial charge on any atom is 0.293 e. The first-order valence-electron chi connectivity index (χ1n) is 23.6. The van der Waals surface area contributed by atoms with Crippen molar-refractivity contribution in [1.29, 1.82) is 0 Å². The number of nitrogens with one attached hydrogen (secondary N) is 2. The third-order valence-electron chi connectivity index (χ3n) is 15.7. The highest BCUT2D eigenvalue weighted by Crippen LogP contribution is 2.54. The van der Waals surface area contributed by atoms with Crippen molar-refractivity contribution in [3.8, 4) is 11.5 Å². The molecule has 2 aromatic carbocycles. The highest BCUT2D eigenvalue weighted by Gasteiger charge is 2.50. The summed E-state index contributed by atoms with van der Waals surface area (Å²) in [4.78, 5) is 48.9. The van der Waals surface area contributed by atoms with Crippen LogP contribution in [0.4, 0.5) is 17.2 Å². The summed E-state index contributed by atoms with van der Waals surface area (Å²) in [5.74, 6) is 1.75. The molecule has 1 aliphatic carbocycles. The predicted molar refractivity (Wildman–Crippen MR) is 253 cm³/mol. The number of rotatable bonds is 12. The first-order chi connectivity index (χ1) is 31.6. The number of hydrogen-bond acceptors (Lipinski definition) is 12. The number of carbonyl (C=O) groups is 1. The molecule has 340 valence electrons. The lowest BCUT2D eigenvalue weighted by Gasteiger charge is -2.56. The molecule has 1 atom stereocenters. The fourth-order valence-corrected chi connectivity index (χ4v) is 12.5. The number of likely N-dealkylation sites (tertiary alicyclic amines) is 2. The van der Waals surface area contributed by atoms with Gasteiger partial charge in [0.15, 0.2) is 0 Å². The van der Waals surface area contributed by atoms with Gasteiger partial charge in [-0.1, -0.05) is 38.1 Å². The largest absolute Gasteiger partial charge is 0.455 e. The molecule has 1 unspecified atom stereocenters. The van der Waals surface area contributed by atoms with Crippen LogP contribution in [-0.2, 0) is 4.74 Å². The van der Waals surface area contributed by atoms with Gasteiger partial charge >= 0.3 is 0 Å². The van der Waals surface area contributed by atoms with E-state index in [1.165, 1.54) is 43.4 Å². The standard InChI is InChI=1S/C50H59N9O5S/c1-33(2)39-6-3-4-7-40(39)42-8-5-17-58(42)35-25-49(26-35)12-20-56(21-13-49)46-24-45(64-37-22-34-11-16-51-47(34)53-27-37)41(28-52-46)48(60)54-65-38-9-10-43(44(23-38)59(61)62)57-31-50(32-57)14-18-55(19-15-50)36-29-63-30-36/h3-4,6-7,9-11,16,22-24,27-28,33,35-36,42H,5,8,12-15,17-21,25-26,29-32H2,1-2H3,(H,51,53)(H,54,60). The van der Waals surface area contributed by atoms with Gasteiger partial charge in [-0.2, -0.15) is 0 Å². The molecular formula is C50H59N9O5S. The second kappa shape index (κ2) is 17.2. The van der Waals surface area contributed by atoms with Gasteiger partial charge in [-0.15, -0.1) is 0 Å². The van der Waals surface area contributed by atoms with Crippen molar-refractivity contribution in [3.63, 3.8) is 0 Å². The number of nitro groups is 1. The van der Waals surface area contributed by atoms with Crippen molar-refractivity contribution in [3.05, 3.63) is 106 Å². The van der Waals surface area contributed by atoms with Gasteiger partial charge in [-0.05, 0) is 130 Å². The van der Waals surface area contributed by atoms with Crippen LogP contribution >= 0.6 is 11.9 Å². The van der Waals surface area contributed by atoms with Gasteiger partial charge in [0.05, 0.1) is 30.4 Å². The van der Waals surface area contributed by atoms with Crippen molar-refractivity contribution in [1.82, 2.24) is 29.5 Å². The summed E-state index contributed by atoms with van der Waals surface area (Å²) in [6.07, 6.45) is 14.5. The van der Waals surface area contributed by atoms with E-state index in [-0.39, 0.29) is 21.6 Å². The Bertz CT molecular complexity index is 2570. The Morgan fingerprint density at radius 1 is 0.923 bits per heavy atom. The van der Waals surface area contributed by atoms with Crippen LogP contribution in [0.15, 0.2) is 84.1 Å². The number of pyridine rings is 2. The van der Waals surface area contributed by atoms with Crippen LogP contribution in [0.5, 0.6) is 11.5 Å². The summed E-state index contributed by atoms with van der Waals surface area (Å²) < 4.78 is 14.8. The summed E-state index contributed by atoms with van der Waals surface area (Å²) in [6.45, 7) is 13.0. The van der Waals surface area contributed by atoms with Crippen LogP contribution < -0.4 is 19.3 Å². The van der Waals surface area contributed by atoms with Gasteiger partial charge in [0.2, 0.25) is 0 Å². The smallest absolute Gasteiger partial charge is 0.293 e. The van der Waals surface area contributed by atoms with E-state index in [9.17, 15) is 14.9 Å². The summed E-state index contributed by atoms with van der Waals surface area (Å²) in [7, 11) is 0. The number of ether oxygens (including phenoxy) is 2. The van der Waals surface area contributed by atoms with Crippen molar-refractivity contribution in [2.45, 2.75) is 94.2 Å². The lowest BCUT2D eigenvalue weighted by molar-refractivity contribution is -0.384. The van der Waals surface area contributed by atoms with E-state index < -0.39 is 5.91 Å². The van der Waals surface area contributed by atoms with Crippen molar-refractivity contribution >= 4 is 46.1 Å². The van der Waals surface area contributed by atoms with E-state index in [1.807, 2.05) is 36.5 Å². The zero-order valence-electron chi connectivity index (χ0n) is 37.4. The number of anilines is 2. The van der Waals surface area contributed by atoms with Crippen LogP contribution in [0.3, 0.4) is 0 Å². The fraction of sp³-hybridized carbons (Fsp3) is 0.500. The summed E-state index contributed by atoms with van der Waals surface area (Å²) in [5, 5.41) is 13.3. The molecule has 8 heterocycles. The van der Waals surface area contributed by atoms with Crippen LogP contribution in [0.25, 0.3) is 11.0 Å². The Labute approximate surface area is 384 Å². The fourth-order valence-electron chi connectivity index (χ4n) is 11.8. The molecule has 5 saturated heterocycles. The lowest BCUT2D eigenvalue weighted by atomic mass is 9.60. The average Bonchev–Trinajstić information content (AvgIpc) is 3.97. The number of nitro benzene ring substituents is 1. The van der Waals surface area contributed by atoms with Gasteiger partial charge < -0.3 is 24.3 Å². The van der Waals surface area contributed by atoms with Crippen LogP contribution in [0, 0.1) is 20.9 Å². The Balaban J connectivity index is 0.752. The van der Waals surface area contributed by atoms with Gasteiger partial charge in [0.25, 0.3) is 11.6 Å². The van der Waals surface area contributed by atoms with Crippen LogP contribution in [0.2, 0.25) is 0 Å². The molecule has 6 fully saturated rings. The third kappa shape index (κ3) is 8.23. The van der Waals surface area contributed by atoms with E-state index in [4.69, 9.17) is 14.5 Å². The number of benzene rings is 2. The Morgan fingerprint density at radius 3 is 2.46 bits per heavy atom. The zero-order valence-corrected chi connectivity index (χ0v) is 38.2. The molecule has 5 aromatic rings. The zero-order chi connectivity index (χ0) is 44.3. The average molecular weight is 898 g/mol. The first kappa shape index (κ1) is 42.4. The van der Waals surface area contributed by atoms with Crippen molar-refractivity contribution < 1.29 is 19.2 Å². The van der Waals surface area contributed by atoms with Crippen LogP contribution in [-0.4, -0.2) is 107 Å². The normalized spacial score (nSPS) is 22.3. The Morgan fingerprint density at radius 2 is 1.71 bits per heavy atom. The number of aromatic nitrogens is 3. The summed E-state index contributed by atoms with van der Waals surface area (Å²) in [5.41, 5.74) is 5.25. The molecular weight excluding hydrogens is 839 g/mol. The van der Waals surface area contributed by atoms with E-state index >= 15 is 0 Å². The highest BCUT2D eigenvalue weighted by atomic mass is 32.2. The number of fused-ring (bicyclic) bond motifs is 1. The molecule has 0 bridgehead atoms. The SMILES string of the molecule is CC(C)c1ccccc1C1CCCN1C1CC2(CCN(c3cc(Oc4cnc5[nH]ccc5c4)c(C(=O)NSc4ccc(N5CC6(CCN(C7COC7)CC6)C5)c([N+](=O)[O-])c4)cn3)CC2)C1. The second-order valence-corrected chi connectivity index (χ2v) is 20.9. The van der Waals surface area contributed by atoms with Gasteiger partial charge in [0.1, 0.15) is 34.2 Å². The van der Waals surface area contributed by atoms with Crippen molar-refractivity contribution in [2.24, 2.45) is 10.8 Å². The lowest BCUT2D eigenvalue weighted by Crippen LogP contribution is -2.62. The number of nitrogens with zero attached hydrogens (tertiary/aromatic N) is 7. The topological polar surface area (TPSA) is 145 Å². The van der Waals surface area contributed by atoms with E-state index in [0.717, 1.165) is 107 Å². The van der Waals surface area contributed by atoms with E-state index in [0.29, 0.717) is 51.5 Å². The maximum atomic E-state index is 14.0. The molecule has 2 spiro atoms. The minimum atomic E-state index is -0.412. The molecule has 5 aliphatic heterocycles. The molecule has 1 saturated carbocycles. The number of aromatic amines is 1. The third-order valence-corrected chi connectivity index (χ3v) is 16.5. The number of H-pyrrole nitrogens is 1. The number of carbonyl (C=O) groups excluding carboxylic acids is 1. The van der Waals surface area contributed by atoms with E-state index in [2.05, 4.69) is 72.4 Å². The predicted octanol–water partition coefficient (Wildman–Crippen LogP) is 9.11. The molecule has 65 heavy (non-hydrogen) atoms. The Kier molecular flexibility index (Phi) is 11.2. The summed E-state index contributed by atoms with van der Waals surface area (Å²) >= 11 is 1.05. The molecule has 15 heteroatoms. The molecule has 14 nitrogen and oxygen atoms in total. The molecule has 0 radical (unpaired) electrons. The minimum Gasteiger partial charge on any atom is -0.455 e. The van der Waals surface area contributed by atoms with Crippen molar-refractivity contribution in [2.75, 3.05) is 68.8 Å². The minimum absolute atomic E-state index is 0.0410. The van der Waals surface area contributed by atoms with Gasteiger partial charge in [-0.25, -0.2) is 9.97 Å². The monoisotopic (exact) mass is 897 g/mol. The number of amides is 1. The first-order valence-corrected chi connectivity index (χ1v) is 24.5. The number of hydrogen-bond donors (Lipinski definition) is 2. The van der Waals surface area contributed by atoms with E-state index in [1.54, 1.807) is 18.5 Å². The maximum absolute atomic E-state index is 14.0. The van der Waals surface area contributed by atoms with Gasteiger partial charge in [-0.3, -0.25) is 29.4 Å². The highest BCUT2D eigenvalue weighted by molar-refractivity contribution is 7.98. The number of piperidine rings is 2.